The van der Waals surface area contributed by atoms with Gasteiger partial charge in [0.05, 0.1) is 16.5 Å². The molecule has 0 aliphatic carbocycles. The molecule has 0 atom stereocenters. The lowest BCUT2D eigenvalue weighted by molar-refractivity contribution is -0.146. The summed E-state index contributed by atoms with van der Waals surface area (Å²) in [6.07, 6.45) is 0. The molecule has 1 aliphatic heterocycles. The van der Waals surface area contributed by atoms with Gasteiger partial charge in [0.2, 0.25) is 5.91 Å². The van der Waals surface area contributed by atoms with Gasteiger partial charge in [0.25, 0.3) is 11.8 Å². The average Bonchev–Trinajstić information content (AvgIpc) is 2.71. The Morgan fingerprint density at radius 3 is 2.09 bits per heavy atom. The quantitative estimate of drug-likeness (QED) is 0.771. The van der Waals surface area contributed by atoms with Crippen molar-refractivity contribution in [2.45, 2.75) is 13.8 Å². The number of carboxylic acid groups (broad SMARTS) is 1. The fraction of sp³-hybridized carbons (Fsp3) is 0.333. The summed E-state index contributed by atoms with van der Waals surface area (Å²) in [6.45, 7) is 2.42. The van der Waals surface area contributed by atoms with Gasteiger partial charge in [-0.1, -0.05) is 12.1 Å². The first-order chi connectivity index (χ1) is 10.2. The van der Waals surface area contributed by atoms with Crippen LogP contribution in [0.4, 0.5) is 0 Å². The summed E-state index contributed by atoms with van der Waals surface area (Å²) in [5, 5.41) is 11.4. The average molecular weight is 304 g/mol. The van der Waals surface area contributed by atoms with E-state index in [0.717, 1.165) is 4.90 Å². The lowest BCUT2D eigenvalue weighted by atomic mass is 9.94. The number of imide groups is 1. The third kappa shape index (κ3) is 2.83. The summed E-state index contributed by atoms with van der Waals surface area (Å²) >= 11 is 0. The minimum atomic E-state index is -1.13. The van der Waals surface area contributed by atoms with Crippen molar-refractivity contribution in [3.8, 4) is 0 Å². The molecule has 116 valence electrons. The topological polar surface area (TPSA) is 104 Å². The maximum atomic E-state index is 12.1. The van der Waals surface area contributed by atoms with Crippen molar-refractivity contribution in [2.24, 2.45) is 5.41 Å². The number of carbonyl (C=O) groups is 4. The Labute approximate surface area is 126 Å². The lowest BCUT2D eigenvalue weighted by Crippen LogP contribution is -2.44. The van der Waals surface area contributed by atoms with Crippen LogP contribution in [0.25, 0.3) is 0 Å². The molecule has 22 heavy (non-hydrogen) atoms. The van der Waals surface area contributed by atoms with Crippen molar-refractivity contribution in [3.05, 3.63) is 35.4 Å². The first kappa shape index (κ1) is 15.7. The Kier molecular flexibility index (Phi) is 3.99. The minimum Gasteiger partial charge on any atom is -0.481 e. The molecule has 1 heterocycles. The van der Waals surface area contributed by atoms with Crippen LogP contribution in [0.3, 0.4) is 0 Å². The third-order valence-corrected chi connectivity index (χ3v) is 3.49. The molecule has 7 nitrogen and oxygen atoms in total. The first-order valence-electron chi connectivity index (χ1n) is 6.69. The maximum Gasteiger partial charge on any atom is 0.310 e. The van der Waals surface area contributed by atoms with Crippen LogP contribution in [0.1, 0.15) is 34.6 Å². The standard InChI is InChI=1S/C15H16N2O5/c1-15(2,14(21)22)8-16-11(18)7-17-12(19)9-5-3-4-6-10(9)13(17)20/h3-6H,7-8H2,1-2H3,(H,16,18)(H,21,22). The van der Waals surface area contributed by atoms with E-state index < -0.39 is 35.7 Å². The number of rotatable bonds is 5. The van der Waals surface area contributed by atoms with E-state index in [9.17, 15) is 19.2 Å². The van der Waals surface area contributed by atoms with Gasteiger partial charge >= 0.3 is 5.97 Å². The number of benzene rings is 1. The van der Waals surface area contributed by atoms with Crippen LogP contribution in [0.15, 0.2) is 24.3 Å². The molecule has 2 N–H and O–H groups in total. The van der Waals surface area contributed by atoms with E-state index in [1.807, 2.05) is 0 Å². The van der Waals surface area contributed by atoms with Gasteiger partial charge in [0, 0.05) is 6.54 Å². The van der Waals surface area contributed by atoms with Crippen LogP contribution >= 0.6 is 0 Å². The highest BCUT2D eigenvalue weighted by Gasteiger charge is 2.36. The molecule has 0 spiro atoms. The highest BCUT2D eigenvalue weighted by atomic mass is 16.4. The number of carboxylic acids is 1. The molecule has 7 heteroatoms. The molecule has 0 fully saturated rings. The molecule has 1 aromatic carbocycles. The fourth-order valence-electron chi connectivity index (χ4n) is 1.98. The van der Waals surface area contributed by atoms with Crippen LogP contribution in [0.2, 0.25) is 0 Å². The Bertz CT molecular complexity index is 631. The monoisotopic (exact) mass is 304 g/mol. The number of aliphatic carboxylic acids is 1. The molecule has 2 rings (SSSR count). The summed E-state index contributed by atoms with van der Waals surface area (Å²) in [5.41, 5.74) is -0.588. The van der Waals surface area contributed by atoms with E-state index in [1.165, 1.54) is 26.0 Å². The van der Waals surface area contributed by atoms with Crippen molar-refractivity contribution in [3.63, 3.8) is 0 Å². The Balaban J connectivity index is 2.01. The predicted molar refractivity (Wildman–Crippen MR) is 76.2 cm³/mol. The first-order valence-corrected chi connectivity index (χ1v) is 6.69. The van der Waals surface area contributed by atoms with E-state index >= 15 is 0 Å². The zero-order chi connectivity index (χ0) is 16.5. The summed E-state index contributed by atoms with van der Waals surface area (Å²) in [6, 6.07) is 6.34. The number of amides is 3. The van der Waals surface area contributed by atoms with Crippen LogP contribution < -0.4 is 5.32 Å². The molecular formula is C15H16N2O5. The van der Waals surface area contributed by atoms with E-state index in [-0.39, 0.29) is 17.7 Å². The predicted octanol–water partition coefficient (Wildman–Crippen LogP) is 0.510. The van der Waals surface area contributed by atoms with Gasteiger partial charge in [0.15, 0.2) is 0 Å². The number of nitrogens with one attached hydrogen (secondary N) is 1. The molecule has 0 aromatic heterocycles. The number of fused-ring (bicyclic) bond motifs is 1. The van der Waals surface area contributed by atoms with Gasteiger partial charge in [-0.25, -0.2) is 0 Å². The lowest BCUT2D eigenvalue weighted by Gasteiger charge is -2.20. The van der Waals surface area contributed by atoms with Crippen LogP contribution in [0, 0.1) is 5.41 Å². The molecular weight excluding hydrogens is 288 g/mol. The van der Waals surface area contributed by atoms with Crippen LogP contribution in [-0.4, -0.2) is 46.8 Å². The van der Waals surface area contributed by atoms with Crippen LogP contribution in [-0.2, 0) is 9.59 Å². The number of nitrogens with zero attached hydrogens (tertiary/aromatic N) is 1. The number of carbonyl (C=O) groups excluding carboxylic acids is 3. The van der Waals surface area contributed by atoms with Gasteiger partial charge in [-0.05, 0) is 26.0 Å². The number of hydrogen-bond donors (Lipinski definition) is 2. The summed E-state index contributed by atoms with van der Waals surface area (Å²) in [7, 11) is 0. The van der Waals surface area contributed by atoms with Gasteiger partial charge in [-0.15, -0.1) is 0 Å². The molecule has 1 aromatic rings. The van der Waals surface area contributed by atoms with E-state index in [0.29, 0.717) is 0 Å². The second-order valence-electron chi connectivity index (χ2n) is 5.71. The highest BCUT2D eigenvalue weighted by Crippen LogP contribution is 2.22. The summed E-state index contributed by atoms with van der Waals surface area (Å²) < 4.78 is 0. The summed E-state index contributed by atoms with van der Waals surface area (Å²) in [4.78, 5) is 47.8. The van der Waals surface area contributed by atoms with Crippen molar-refractivity contribution in [1.82, 2.24) is 10.2 Å². The van der Waals surface area contributed by atoms with Crippen molar-refractivity contribution >= 4 is 23.7 Å². The van der Waals surface area contributed by atoms with Crippen molar-refractivity contribution < 1.29 is 24.3 Å². The van der Waals surface area contributed by atoms with Crippen molar-refractivity contribution in [2.75, 3.05) is 13.1 Å². The van der Waals surface area contributed by atoms with Crippen molar-refractivity contribution in [1.29, 1.82) is 0 Å². The largest absolute Gasteiger partial charge is 0.481 e. The zero-order valence-corrected chi connectivity index (χ0v) is 12.3. The zero-order valence-electron chi connectivity index (χ0n) is 12.3. The van der Waals surface area contributed by atoms with Crippen LogP contribution in [0.5, 0.6) is 0 Å². The molecule has 0 saturated carbocycles. The summed E-state index contributed by atoms with van der Waals surface area (Å²) in [5.74, 6) is -2.67. The maximum absolute atomic E-state index is 12.1. The van der Waals surface area contributed by atoms with Gasteiger partial charge in [0.1, 0.15) is 6.54 Å². The van der Waals surface area contributed by atoms with E-state index in [4.69, 9.17) is 5.11 Å². The molecule has 0 unspecified atom stereocenters. The molecule has 3 amide bonds. The normalized spacial score (nSPS) is 14.0. The highest BCUT2D eigenvalue weighted by molar-refractivity contribution is 6.22. The third-order valence-electron chi connectivity index (χ3n) is 3.49. The van der Waals surface area contributed by atoms with Gasteiger partial charge in [-0.2, -0.15) is 0 Å². The second kappa shape index (κ2) is 5.59. The van der Waals surface area contributed by atoms with Gasteiger partial charge in [-0.3, -0.25) is 24.1 Å². The SMILES string of the molecule is CC(C)(CNC(=O)CN1C(=O)c2ccccc2C1=O)C(=O)O. The Morgan fingerprint density at radius 1 is 1.14 bits per heavy atom. The van der Waals surface area contributed by atoms with E-state index in [1.54, 1.807) is 12.1 Å². The Morgan fingerprint density at radius 2 is 1.64 bits per heavy atom. The molecule has 0 saturated heterocycles. The minimum absolute atomic E-state index is 0.0929. The Hall–Kier alpha value is -2.70. The number of hydrogen-bond acceptors (Lipinski definition) is 4. The molecule has 0 radical (unpaired) electrons. The second-order valence-corrected chi connectivity index (χ2v) is 5.71. The molecule has 0 bridgehead atoms. The smallest absolute Gasteiger partial charge is 0.310 e. The van der Waals surface area contributed by atoms with Gasteiger partial charge < -0.3 is 10.4 Å². The molecule has 1 aliphatic rings. The van der Waals surface area contributed by atoms with E-state index in [2.05, 4.69) is 5.32 Å². The fourth-order valence-corrected chi connectivity index (χ4v) is 1.98.